The van der Waals surface area contributed by atoms with Gasteiger partial charge in [0.25, 0.3) is 0 Å². The molecular formula is C22H31ClN4O5. The van der Waals surface area contributed by atoms with Crippen LogP contribution in [0, 0.1) is 5.41 Å². The molecule has 0 aromatic carbocycles. The highest BCUT2D eigenvalue weighted by Gasteiger charge is 2.48. The summed E-state index contributed by atoms with van der Waals surface area (Å²) in [6.07, 6.45) is 3.08. The van der Waals surface area contributed by atoms with Crippen molar-refractivity contribution >= 4 is 29.5 Å². The number of nitrogens with one attached hydrogen (secondary N) is 1. The molecule has 2 N–H and O–H groups in total. The van der Waals surface area contributed by atoms with E-state index in [0.29, 0.717) is 30.9 Å². The minimum Gasteiger partial charge on any atom is -0.489 e. The van der Waals surface area contributed by atoms with E-state index in [9.17, 15) is 14.7 Å². The van der Waals surface area contributed by atoms with Crippen molar-refractivity contribution < 1.29 is 24.2 Å². The number of pyridine rings is 1. The van der Waals surface area contributed by atoms with Gasteiger partial charge in [-0.05, 0) is 45.4 Å². The number of anilines is 1. The van der Waals surface area contributed by atoms with Crippen LogP contribution in [0.15, 0.2) is 6.07 Å². The molecule has 0 radical (unpaired) electrons. The van der Waals surface area contributed by atoms with Crippen LogP contribution in [0.1, 0.15) is 50.4 Å². The van der Waals surface area contributed by atoms with Crippen LogP contribution >= 0.6 is 11.6 Å². The lowest BCUT2D eigenvalue weighted by Gasteiger charge is -2.34. The number of nitrogens with zero attached hydrogens (tertiary/aromatic N) is 3. The Morgan fingerprint density at radius 2 is 2.06 bits per heavy atom. The number of hydrogen-bond donors (Lipinski definition) is 2. The van der Waals surface area contributed by atoms with Crippen molar-refractivity contribution in [1.82, 2.24) is 15.2 Å². The molecule has 10 heteroatoms. The van der Waals surface area contributed by atoms with Gasteiger partial charge in [0.2, 0.25) is 0 Å². The predicted molar refractivity (Wildman–Crippen MR) is 120 cm³/mol. The Morgan fingerprint density at radius 1 is 1.31 bits per heavy atom. The van der Waals surface area contributed by atoms with Gasteiger partial charge in [0.1, 0.15) is 23.6 Å². The number of carbonyl (C=O) groups is 2. The number of aromatic nitrogens is 1. The summed E-state index contributed by atoms with van der Waals surface area (Å²) in [7, 11) is 0. The number of amides is 1. The maximum atomic E-state index is 12.4. The molecule has 3 fully saturated rings. The summed E-state index contributed by atoms with van der Waals surface area (Å²) in [5.41, 5.74) is -0.128. The molecule has 1 atom stereocenters. The Morgan fingerprint density at radius 3 is 2.69 bits per heavy atom. The van der Waals surface area contributed by atoms with Gasteiger partial charge in [-0.3, -0.25) is 0 Å². The molecule has 1 aromatic rings. The normalized spacial score (nSPS) is 22.2. The minimum absolute atomic E-state index is 0.0917. The van der Waals surface area contributed by atoms with Gasteiger partial charge >= 0.3 is 12.1 Å². The Kier molecular flexibility index (Phi) is 6.15. The fourth-order valence-electron chi connectivity index (χ4n) is 4.28. The smallest absolute Gasteiger partial charge is 0.410 e. The number of carboxylic acids is 1. The number of halogens is 1. The van der Waals surface area contributed by atoms with Gasteiger partial charge in [-0.25, -0.2) is 14.6 Å². The third-order valence-electron chi connectivity index (χ3n) is 6.20. The van der Waals surface area contributed by atoms with E-state index < -0.39 is 11.6 Å². The number of aromatic carboxylic acids is 1. The second-order valence-corrected chi connectivity index (χ2v) is 10.4. The molecular weight excluding hydrogens is 436 g/mol. The maximum absolute atomic E-state index is 12.4. The second kappa shape index (κ2) is 8.59. The van der Waals surface area contributed by atoms with E-state index in [-0.39, 0.29) is 35.2 Å². The second-order valence-electron chi connectivity index (χ2n) is 10.0. The fourth-order valence-corrected chi connectivity index (χ4v) is 4.47. The van der Waals surface area contributed by atoms with Crippen LogP contribution in [0.5, 0.6) is 5.75 Å². The molecule has 3 heterocycles. The Bertz CT molecular complexity index is 899. The average Bonchev–Trinajstić information content (AvgIpc) is 3.34. The highest BCUT2D eigenvalue weighted by atomic mass is 35.5. The molecule has 1 aromatic heterocycles. The first-order valence-electron chi connectivity index (χ1n) is 11.1. The van der Waals surface area contributed by atoms with Crippen molar-refractivity contribution in [3.8, 4) is 5.75 Å². The van der Waals surface area contributed by atoms with Gasteiger partial charge in [0.05, 0.1) is 6.04 Å². The largest absolute Gasteiger partial charge is 0.489 e. The first-order valence-corrected chi connectivity index (χ1v) is 11.5. The molecule has 1 aliphatic carbocycles. The Balaban J connectivity index is 1.41. The van der Waals surface area contributed by atoms with Gasteiger partial charge < -0.3 is 29.7 Å². The van der Waals surface area contributed by atoms with Gasteiger partial charge in [0, 0.05) is 38.8 Å². The van der Waals surface area contributed by atoms with Crippen LogP contribution in [0.3, 0.4) is 0 Å². The number of rotatable bonds is 5. The molecule has 2 saturated heterocycles. The quantitative estimate of drug-likeness (QED) is 0.638. The maximum Gasteiger partial charge on any atom is 0.410 e. The lowest BCUT2D eigenvalue weighted by atomic mass is 10.1. The number of ether oxygens (including phenoxy) is 2. The summed E-state index contributed by atoms with van der Waals surface area (Å²) in [4.78, 5) is 32.3. The first-order chi connectivity index (χ1) is 15.1. The van der Waals surface area contributed by atoms with Crippen LogP contribution in [0.2, 0.25) is 5.15 Å². The molecule has 2 aliphatic heterocycles. The summed E-state index contributed by atoms with van der Waals surface area (Å²) >= 11 is 6.38. The fraction of sp³-hybridized carbons (Fsp3) is 0.682. The Labute approximate surface area is 193 Å². The third kappa shape index (κ3) is 5.20. The zero-order valence-corrected chi connectivity index (χ0v) is 19.6. The van der Waals surface area contributed by atoms with Crippen LogP contribution in [-0.4, -0.2) is 78.0 Å². The summed E-state index contributed by atoms with van der Waals surface area (Å²) in [5.74, 6) is -0.424. The lowest BCUT2D eigenvalue weighted by molar-refractivity contribution is 0.0178. The van der Waals surface area contributed by atoms with Crippen molar-refractivity contribution in [1.29, 1.82) is 0 Å². The van der Waals surface area contributed by atoms with E-state index in [0.717, 1.165) is 19.5 Å². The standard InChI is InChI=1S/C22H31ClN4O5/c1-21(2,3)32-20(30)26-9-7-24-14(11-26)12-31-16-10-15(19(28)29)18(25-17(16)23)27-8-6-22(13-27)4-5-22/h10,14,24H,4-9,11-13H2,1-3H3,(H,28,29). The van der Waals surface area contributed by atoms with E-state index >= 15 is 0 Å². The highest BCUT2D eigenvalue weighted by Crippen LogP contribution is 2.53. The van der Waals surface area contributed by atoms with Gasteiger partial charge in [0.15, 0.2) is 10.9 Å². The zero-order chi connectivity index (χ0) is 23.1. The van der Waals surface area contributed by atoms with Gasteiger partial charge in [-0.15, -0.1) is 0 Å². The van der Waals surface area contributed by atoms with Crippen LogP contribution < -0.4 is 15.0 Å². The van der Waals surface area contributed by atoms with Crippen molar-refractivity contribution in [3.63, 3.8) is 0 Å². The van der Waals surface area contributed by atoms with E-state index in [1.807, 2.05) is 25.7 Å². The topological polar surface area (TPSA) is 104 Å². The third-order valence-corrected chi connectivity index (χ3v) is 6.47. The number of carboxylic acid groups (broad SMARTS) is 1. The summed E-state index contributed by atoms with van der Waals surface area (Å²) < 4.78 is 11.3. The van der Waals surface area contributed by atoms with Crippen molar-refractivity contribution in [2.24, 2.45) is 5.41 Å². The van der Waals surface area contributed by atoms with E-state index in [2.05, 4.69) is 10.3 Å². The van der Waals surface area contributed by atoms with Crippen molar-refractivity contribution in [2.75, 3.05) is 44.2 Å². The van der Waals surface area contributed by atoms with E-state index in [1.165, 1.54) is 18.9 Å². The van der Waals surface area contributed by atoms with Crippen molar-refractivity contribution in [2.45, 2.75) is 51.7 Å². The van der Waals surface area contributed by atoms with Gasteiger partial charge in [-0.1, -0.05) is 11.6 Å². The van der Waals surface area contributed by atoms with Crippen LogP contribution in [0.25, 0.3) is 0 Å². The van der Waals surface area contributed by atoms with Crippen LogP contribution in [-0.2, 0) is 4.74 Å². The number of hydrogen-bond acceptors (Lipinski definition) is 7. The molecule has 4 rings (SSSR count). The zero-order valence-electron chi connectivity index (χ0n) is 18.8. The highest BCUT2D eigenvalue weighted by molar-refractivity contribution is 6.31. The Hall–Kier alpha value is -2.26. The summed E-state index contributed by atoms with van der Waals surface area (Å²) in [6, 6.07) is 1.31. The van der Waals surface area contributed by atoms with Crippen molar-refractivity contribution in [3.05, 3.63) is 16.8 Å². The molecule has 1 unspecified atom stereocenters. The average molecular weight is 467 g/mol. The lowest BCUT2D eigenvalue weighted by Crippen LogP contribution is -2.55. The molecule has 1 saturated carbocycles. The SMILES string of the molecule is CC(C)(C)OC(=O)N1CCNC(COc2cc(C(=O)O)c(N3CCC4(CC4)C3)nc2Cl)C1. The molecule has 0 bridgehead atoms. The molecule has 1 spiro atoms. The molecule has 1 amide bonds. The summed E-state index contributed by atoms with van der Waals surface area (Å²) in [5, 5.41) is 13.2. The molecule has 32 heavy (non-hydrogen) atoms. The minimum atomic E-state index is -1.06. The molecule has 176 valence electrons. The van der Waals surface area contributed by atoms with Gasteiger partial charge in [-0.2, -0.15) is 0 Å². The first kappa shape index (κ1) is 22.9. The van der Waals surface area contributed by atoms with E-state index in [4.69, 9.17) is 21.1 Å². The predicted octanol–water partition coefficient (Wildman–Crippen LogP) is 3.01. The number of piperazine rings is 1. The monoisotopic (exact) mass is 466 g/mol. The molecule has 3 aliphatic rings. The van der Waals surface area contributed by atoms with E-state index in [1.54, 1.807) is 4.90 Å². The molecule has 9 nitrogen and oxygen atoms in total. The number of carbonyl (C=O) groups excluding carboxylic acids is 1. The van der Waals surface area contributed by atoms with Crippen LogP contribution in [0.4, 0.5) is 10.6 Å². The summed E-state index contributed by atoms with van der Waals surface area (Å²) in [6.45, 7) is 8.89.